The average Bonchev–Trinajstić information content (AvgIpc) is 2.27. The van der Waals surface area contributed by atoms with Gasteiger partial charge in [0, 0.05) is 9.83 Å². The molecule has 0 aliphatic carbocycles. The fourth-order valence-electron chi connectivity index (χ4n) is 0.0745. The number of isocyanates is 2. The molecule has 0 fully saturated rings. The molecule has 0 aliphatic rings. The van der Waals surface area contributed by atoms with E-state index < -0.39 is 19.8 Å². The Kier molecular flexibility index (Phi) is 28.7. The maximum absolute atomic E-state index is 10.2. The number of carboxylic acid groups (broad SMARTS) is 2. The molecule has 0 aromatic carbocycles. The van der Waals surface area contributed by atoms with Crippen molar-refractivity contribution in [2.45, 2.75) is 0 Å². The Hall–Kier alpha value is 0.466. The number of rotatable bonds is 4. The van der Waals surface area contributed by atoms with E-state index in [0.717, 1.165) is 31.8 Å². The van der Waals surface area contributed by atoms with Crippen LogP contribution in [0.25, 0.3) is 0 Å². The van der Waals surface area contributed by atoms with Crippen molar-refractivity contribution >= 4 is 63.8 Å². The summed E-state index contributed by atoms with van der Waals surface area (Å²) in [6.07, 6.45) is 2.62. The minimum atomic E-state index is -5.39. The number of aliphatic carboxylic acids is 2. The summed E-state index contributed by atoms with van der Waals surface area (Å²) in [6, 6.07) is 0. The van der Waals surface area contributed by atoms with E-state index in [0.29, 0.717) is 0 Å². The molecular weight excluding hydrogens is 405 g/mol. The van der Waals surface area contributed by atoms with Crippen LogP contribution in [0.5, 0.6) is 0 Å². The fraction of sp³-hybridized carbons (Fsp3) is 0. The topological polar surface area (TPSA) is 194 Å². The van der Waals surface area contributed by atoms with Crippen LogP contribution in [-0.2, 0) is 23.7 Å². The third kappa shape index (κ3) is 63.7. The van der Waals surface area contributed by atoms with Crippen LogP contribution in [0.3, 0.4) is 0 Å². The first kappa shape index (κ1) is 29.5. The van der Waals surface area contributed by atoms with Gasteiger partial charge in [-0.15, -0.1) is 8.80 Å². The van der Waals surface area contributed by atoms with Gasteiger partial charge in [0.2, 0.25) is 12.2 Å². The van der Waals surface area contributed by atoms with E-state index in [1.807, 2.05) is 0 Å². The van der Waals surface area contributed by atoms with Gasteiger partial charge in [-0.3, -0.25) is 4.57 Å². The van der Waals surface area contributed by atoms with Gasteiger partial charge in [0.05, 0.1) is 22.0 Å². The quantitative estimate of drug-likeness (QED) is 0.0628. The van der Waals surface area contributed by atoms with Crippen molar-refractivity contribution in [3.05, 3.63) is 0 Å². The number of hydrogen-bond acceptors (Lipinski definition) is 11. The van der Waals surface area contributed by atoms with E-state index in [4.69, 9.17) is 34.2 Å². The third-order valence-electron chi connectivity index (χ3n) is 0.393. The molecule has 0 saturated carbocycles. The predicted octanol–water partition coefficient (Wildman–Crippen LogP) is -2.91. The largest absolute Gasteiger partial charge is 1.00 e. The molecule has 3 N–H and O–H groups in total. The van der Waals surface area contributed by atoms with E-state index in [2.05, 4.69) is 8.80 Å². The van der Waals surface area contributed by atoms with Crippen LogP contribution in [0, 0.1) is 0 Å². The Bertz CT molecular complexity index is 410. The number of carbonyl (C=O) groups is 2. The van der Waals surface area contributed by atoms with Crippen molar-refractivity contribution in [2.24, 2.45) is 8.80 Å². The average molecular weight is 408 g/mol. The Morgan fingerprint density at radius 2 is 1.33 bits per heavy atom. The molecule has 0 radical (unpaired) electrons. The first-order valence-corrected chi connectivity index (χ1v) is 8.26. The number of carbonyl (C=O) groups excluding carboxylic acids is 2. The number of carboxylic acids is 2. The molecule has 11 nitrogen and oxygen atoms in total. The molecule has 0 amide bonds. The molecule has 0 saturated heterocycles. The van der Waals surface area contributed by atoms with Crippen molar-refractivity contribution in [1.29, 1.82) is 0 Å². The molecule has 17 heteroatoms. The summed E-state index contributed by atoms with van der Waals surface area (Å²) in [6.45, 7) is 0. The van der Waals surface area contributed by atoms with Gasteiger partial charge in [-0.2, -0.15) is 4.20 Å². The van der Waals surface area contributed by atoms with Gasteiger partial charge < -0.3 is 20.0 Å². The summed E-state index contributed by atoms with van der Waals surface area (Å²) in [5.41, 5.74) is 0. The van der Waals surface area contributed by atoms with Crippen LogP contribution in [0.15, 0.2) is 8.80 Å². The van der Waals surface area contributed by atoms with Crippen molar-refractivity contribution in [3.8, 4) is 0 Å². The standard InChI is InChI=1S/C2N2O2S3.C2H2O4.FH2O3P.K/c5-1-3-7-9-8-4-2-6;3-1(4)2(5)6;1-5(2,3)4;/h;(H,3,4)(H,5,6);(H2,2,3,4);/q;;;+1/p-1. The van der Waals surface area contributed by atoms with Gasteiger partial charge in [0.15, 0.2) is 0 Å². The zero-order valence-electron chi connectivity index (χ0n) is 9.74. The number of hydrogen-bond donors (Lipinski definition) is 3. The van der Waals surface area contributed by atoms with Crippen molar-refractivity contribution < 1.29 is 99.3 Å². The number of halogens is 1. The Labute approximate surface area is 170 Å². The maximum Gasteiger partial charge on any atom is 1.00 e. The molecule has 0 bridgehead atoms. The van der Waals surface area contributed by atoms with Gasteiger partial charge in [-0.1, -0.05) is 0 Å². The molecule has 21 heavy (non-hydrogen) atoms. The van der Waals surface area contributed by atoms with Crippen LogP contribution in [0.4, 0.5) is 4.20 Å². The molecule has 0 rings (SSSR count). The molecule has 1 atom stereocenters. The second-order valence-electron chi connectivity index (χ2n) is 1.64. The molecule has 0 aliphatic heterocycles. The molecule has 0 heterocycles. The molecule has 0 aromatic heterocycles. The predicted molar refractivity (Wildman–Crippen MR) is 65.2 cm³/mol. The Balaban J connectivity index is -0.000000106. The molecular formula is C4H3FKN2O9PS3. The van der Waals surface area contributed by atoms with E-state index in [1.54, 1.807) is 0 Å². The second kappa shape index (κ2) is 20.5. The Morgan fingerprint density at radius 3 is 1.48 bits per heavy atom. The number of nitrogens with zero attached hydrogens (tertiary/aromatic N) is 2. The van der Waals surface area contributed by atoms with E-state index in [1.165, 1.54) is 12.2 Å². The fourth-order valence-corrected chi connectivity index (χ4v) is 1.46. The summed E-state index contributed by atoms with van der Waals surface area (Å²) < 4.78 is 25.0. The van der Waals surface area contributed by atoms with Gasteiger partial charge in [-0.25, -0.2) is 19.2 Å². The zero-order valence-corrected chi connectivity index (χ0v) is 16.2. The normalized spacial score (nSPS) is 10.2. The second-order valence-corrected chi connectivity index (χ2v) is 5.87. The molecule has 0 spiro atoms. The van der Waals surface area contributed by atoms with Crippen LogP contribution in [0.1, 0.15) is 0 Å². The summed E-state index contributed by atoms with van der Waals surface area (Å²) >= 11 is 0. The monoisotopic (exact) mass is 408 g/mol. The summed E-state index contributed by atoms with van der Waals surface area (Å²) in [7, 11) is -2.51. The van der Waals surface area contributed by atoms with Gasteiger partial charge in [0.25, 0.3) is 0 Å². The van der Waals surface area contributed by atoms with Crippen molar-refractivity contribution in [2.75, 3.05) is 0 Å². The van der Waals surface area contributed by atoms with Crippen molar-refractivity contribution in [1.82, 2.24) is 0 Å². The van der Waals surface area contributed by atoms with Crippen LogP contribution in [-0.4, -0.2) is 39.2 Å². The molecule has 1 unspecified atom stereocenters. The minimum absolute atomic E-state index is 0. The van der Waals surface area contributed by atoms with Gasteiger partial charge in [-0.05, 0) is 0 Å². The summed E-state index contributed by atoms with van der Waals surface area (Å²) in [5, 5.41) is 14.8. The van der Waals surface area contributed by atoms with E-state index in [9.17, 15) is 13.8 Å². The van der Waals surface area contributed by atoms with Gasteiger partial charge >= 0.3 is 71.2 Å². The van der Waals surface area contributed by atoms with E-state index in [-0.39, 0.29) is 51.4 Å². The zero-order chi connectivity index (χ0) is 16.6. The smallest absolute Gasteiger partial charge is 0.753 e. The summed E-state index contributed by atoms with van der Waals surface area (Å²) in [4.78, 5) is 52.4. The van der Waals surface area contributed by atoms with Crippen LogP contribution in [0.2, 0.25) is 0 Å². The Morgan fingerprint density at radius 1 is 1.10 bits per heavy atom. The molecule has 114 valence electrons. The third-order valence-corrected chi connectivity index (χ3v) is 2.72. The first-order chi connectivity index (χ1) is 9.06. The summed E-state index contributed by atoms with van der Waals surface area (Å²) in [5.74, 6) is -3.65. The van der Waals surface area contributed by atoms with Crippen molar-refractivity contribution in [3.63, 3.8) is 0 Å². The maximum atomic E-state index is 10.2. The first-order valence-electron chi connectivity index (χ1n) is 3.39. The van der Waals surface area contributed by atoms with Crippen LogP contribution >= 0.6 is 39.7 Å². The molecule has 0 aromatic rings. The van der Waals surface area contributed by atoms with Gasteiger partial charge in [0.1, 0.15) is 0 Å². The van der Waals surface area contributed by atoms with Crippen LogP contribution < -0.4 is 56.3 Å². The SMILES string of the molecule is O=C(O)C(=O)O.O=C=NSSSN=C=O.O=P([O-])(O)F.[K+]. The minimum Gasteiger partial charge on any atom is -0.753 e. The van der Waals surface area contributed by atoms with E-state index >= 15 is 0 Å².